The quantitative estimate of drug-likeness (QED) is 0.199. The number of para-hydroxylation sites is 4. The Balaban J connectivity index is 1.27. The Morgan fingerprint density at radius 1 is 0.396 bits per heavy atom. The molecule has 7 aromatic carbocycles. The fourth-order valence-corrected chi connectivity index (χ4v) is 7.41. The molecule has 2 heterocycles. The van der Waals surface area contributed by atoms with E-state index in [1.807, 2.05) is 54.6 Å². The fraction of sp³-hybridized carbons (Fsp3) is 0. The summed E-state index contributed by atoms with van der Waals surface area (Å²) in [6, 6.07) is 58.7. The molecule has 2 aromatic heterocycles. The molecule has 0 fully saturated rings. The van der Waals surface area contributed by atoms with Gasteiger partial charge in [0.15, 0.2) is 0 Å². The van der Waals surface area contributed by atoms with Crippen LogP contribution in [0.25, 0.3) is 77.2 Å². The molecule has 0 aliphatic rings. The highest BCUT2D eigenvalue weighted by molar-refractivity contribution is 6.11. The molecule has 0 amide bonds. The largest absolute Gasteiger partial charge is 0.309 e. The maximum atomic E-state index is 10.7. The lowest BCUT2D eigenvalue weighted by Gasteiger charge is -2.17. The van der Waals surface area contributed by atoms with Crippen molar-refractivity contribution in [1.82, 2.24) is 9.13 Å². The van der Waals surface area contributed by atoms with Crippen molar-refractivity contribution < 1.29 is 0 Å². The van der Waals surface area contributed by atoms with Gasteiger partial charge in [0.05, 0.1) is 50.6 Å². The van der Waals surface area contributed by atoms with Gasteiger partial charge in [-0.3, -0.25) is 0 Å². The van der Waals surface area contributed by atoms with Gasteiger partial charge in [-0.2, -0.15) is 10.5 Å². The molecule has 0 saturated heterocycles. The molecular formula is C44H26N4. The van der Waals surface area contributed by atoms with Crippen molar-refractivity contribution in [3.63, 3.8) is 0 Å². The summed E-state index contributed by atoms with van der Waals surface area (Å²) in [6.07, 6.45) is 0. The van der Waals surface area contributed by atoms with Gasteiger partial charge in [0.1, 0.15) is 6.07 Å². The third kappa shape index (κ3) is 4.01. The van der Waals surface area contributed by atoms with Crippen LogP contribution < -0.4 is 0 Å². The Morgan fingerprint density at radius 3 is 1.40 bits per heavy atom. The molecule has 0 unspecified atom stereocenters. The first-order valence-corrected chi connectivity index (χ1v) is 15.9. The van der Waals surface area contributed by atoms with Gasteiger partial charge >= 0.3 is 0 Å². The zero-order chi connectivity index (χ0) is 32.2. The number of nitrogens with zero attached hydrogens (tertiary/aromatic N) is 4. The zero-order valence-electron chi connectivity index (χ0n) is 25.8. The first-order valence-electron chi connectivity index (χ1n) is 15.9. The van der Waals surface area contributed by atoms with Crippen LogP contribution in [0, 0.1) is 22.7 Å². The Hall–Kier alpha value is -6.88. The van der Waals surface area contributed by atoms with Crippen LogP contribution in [0.15, 0.2) is 158 Å². The van der Waals surface area contributed by atoms with E-state index in [1.54, 1.807) is 0 Å². The first kappa shape index (κ1) is 27.4. The molecule has 48 heavy (non-hydrogen) atoms. The highest BCUT2D eigenvalue weighted by Gasteiger charge is 2.20. The van der Waals surface area contributed by atoms with E-state index in [0.29, 0.717) is 11.1 Å². The number of hydrogen-bond acceptors (Lipinski definition) is 2. The lowest BCUT2D eigenvalue weighted by atomic mass is 9.92. The van der Waals surface area contributed by atoms with E-state index in [0.717, 1.165) is 77.2 Å². The molecule has 9 aromatic rings. The number of fused-ring (bicyclic) bond motifs is 6. The van der Waals surface area contributed by atoms with E-state index in [9.17, 15) is 10.5 Å². The van der Waals surface area contributed by atoms with E-state index in [2.05, 4.69) is 124 Å². The summed E-state index contributed by atoms with van der Waals surface area (Å²) in [4.78, 5) is 0. The predicted octanol–water partition coefficient (Wildman–Crippen LogP) is 11.0. The van der Waals surface area contributed by atoms with Crippen molar-refractivity contribution in [3.05, 3.63) is 169 Å². The average Bonchev–Trinajstić information content (AvgIpc) is 3.67. The summed E-state index contributed by atoms with van der Waals surface area (Å²) < 4.78 is 4.46. The summed E-state index contributed by atoms with van der Waals surface area (Å²) >= 11 is 0. The summed E-state index contributed by atoms with van der Waals surface area (Å²) in [6.45, 7) is 0. The van der Waals surface area contributed by atoms with Crippen LogP contribution in [-0.4, -0.2) is 9.13 Å². The summed E-state index contributed by atoms with van der Waals surface area (Å²) in [5, 5.41) is 25.8. The topological polar surface area (TPSA) is 57.4 Å². The smallest absolute Gasteiger partial charge is 0.102 e. The maximum Gasteiger partial charge on any atom is 0.102 e. The number of aromatic nitrogens is 2. The van der Waals surface area contributed by atoms with E-state index in [4.69, 9.17) is 0 Å². The van der Waals surface area contributed by atoms with Crippen molar-refractivity contribution in [3.8, 4) is 45.8 Å². The minimum Gasteiger partial charge on any atom is -0.309 e. The fourth-order valence-electron chi connectivity index (χ4n) is 7.41. The second-order valence-electron chi connectivity index (χ2n) is 11.9. The lowest BCUT2D eigenvalue weighted by Crippen LogP contribution is -2.00. The van der Waals surface area contributed by atoms with Gasteiger partial charge in [-0.05, 0) is 59.7 Å². The molecule has 0 aliphatic carbocycles. The predicted molar refractivity (Wildman–Crippen MR) is 195 cm³/mol. The van der Waals surface area contributed by atoms with Gasteiger partial charge in [-0.15, -0.1) is 0 Å². The third-order valence-corrected chi connectivity index (χ3v) is 9.42. The van der Waals surface area contributed by atoms with Crippen molar-refractivity contribution in [2.75, 3.05) is 0 Å². The normalized spacial score (nSPS) is 11.3. The molecule has 4 nitrogen and oxygen atoms in total. The molecule has 0 atom stereocenters. The highest BCUT2D eigenvalue weighted by atomic mass is 15.0. The van der Waals surface area contributed by atoms with Crippen molar-refractivity contribution >= 4 is 43.6 Å². The Labute approximate surface area is 277 Å². The van der Waals surface area contributed by atoms with Crippen LogP contribution in [0.4, 0.5) is 0 Å². The van der Waals surface area contributed by atoms with E-state index >= 15 is 0 Å². The highest BCUT2D eigenvalue weighted by Crippen LogP contribution is 2.40. The second kappa shape index (κ2) is 10.9. The first-order chi connectivity index (χ1) is 23.8. The summed E-state index contributed by atoms with van der Waals surface area (Å²) in [7, 11) is 0. The number of benzene rings is 7. The minimum atomic E-state index is 0.589. The second-order valence-corrected chi connectivity index (χ2v) is 11.9. The molecule has 0 N–H and O–H groups in total. The lowest BCUT2D eigenvalue weighted by molar-refractivity contribution is 1.17. The van der Waals surface area contributed by atoms with Crippen LogP contribution in [-0.2, 0) is 0 Å². The van der Waals surface area contributed by atoms with E-state index in [1.165, 1.54) is 0 Å². The van der Waals surface area contributed by atoms with Gasteiger partial charge in [0, 0.05) is 32.7 Å². The van der Waals surface area contributed by atoms with Crippen molar-refractivity contribution in [1.29, 1.82) is 10.5 Å². The molecule has 222 valence electrons. The van der Waals surface area contributed by atoms with Crippen LogP contribution in [0.2, 0.25) is 0 Å². The average molecular weight is 611 g/mol. The van der Waals surface area contributed by atoms with Crippen molar-refractivity contribution in [2.45, 2.75) is 0 Å². The van der Waals surface area contributed by atoms with Gasteiger partial charge in [-0.25, -0.2) is 0 Å². The molecule has 0 spiro atoms. The molecule has 0 radical (unpaired) electrons. The molecular weight excluding hydrogens is 585 g/mol. The molecule has 0 saturated carbocycles. The molecule has 9 rings (SSSR count). The summed E-state index contributed by atoms with van der Waals surface area (Å²) in [5.74, 6) is 0. The third-order valence-electron chi connectivity index (χ3n) is 9.42. The van der Waals surface area contributed by atoms with Crippen LogP contribution >= 0.6 is 0 Å². The molecule has 0 bridgehead atoms. The Morgan fingerprint density at radius 2 is 0.854 bits per heavy atom. The maximum absolute atomic E-state index is 10.7. The van der Waals surface area contributed by atoms with E-state index in [-0.39, 0.29) is 0 Å². The standard InChI is InChI=1S/C44H26N4/c45-27-31-14-10-25-43(48-40-22-7-3-17-35(40)36-18-4-8-23-41(36)48)44(31)30-13-9-12-29(26-30)32-19-11-24-42(37(32)28-46)47-38-20-5-1-15-33(38)34-16-2-6-21-39(34)47/h1-26H. The van der Waals surface area contributed by atoms with Crippen molar-refractivity contribution in [2.24, 2.45) is 0 Å². The minimum absolute atomic E-state index is 0.589. The molecule has 4 heteroatoms. The number of rotatable bonds is 4. The summed E-state index contributed by atoms with van der Waals surface area (Å²) in [5.41, 5.74) is 10.7. The van der Waals surface area contributed by atoms with Crippen LogP contribution in [0.3, 0.4) is 0 Å². The van der Waals surface area contributed by atoms with Crippen LogP contribution in [0.1, 0.15) is 11.1 Å². The van der Waals surface area contributed by atoms with Crippen LogP contribution in [0.5, 0.6) is 0 Å². The van der Waals surface area contributed by atoms with Gasteiger partial charge in [-0.1, -0.05) is 109 Å². The van der Waals surface area contributed by atoms with Gasteiger partial charge in [0.2, 0.25) is 0 Å². The Kier molecular flexibility index (Phi) is 6.22. The van der Waals surface area contributed by atoms with E-state index < -0.39 is 0 Å². The number of hydrogen-bond donors (Lipinski definition) is 0. The zero-order valence-corrected chi connectivity index (χ0v) is 25.8. The SMILES string of the molecule is N#Cc1cccc(-n2c3ccccc3c3ccccc32)c1-c1cccc(-c2cccc(-n3c4ccccc4c4ccccc43)c2C#N)c1. The number of nitriles is 2. The van der Waals surface area contributed by atoms with Gasteiger partial charge < -0.3 is 9.13 Å². The monoisotopic (exact) mass is 610 g/mol. The Bertz CT molecular complexity index is 2710. The molecule has 0 aliphatic heterocycles. The van der Waals surface area contributed by atoms with Gasteiger partial charge in [0.25, 0.3) is 0 Å².